The predicted molar refractivity (Wildman–Crippen MR) is 274 cm³/mol. The SMILES string of the molecule is CCC1CC(CCCC2CC(CC(O)CCCC3CC(CCCC(O)CC4C[C@H](C)OC(c5ccccc5O)O4)OC(c4ccccc4O)O3)OC(CNS(=O)(=O)c3ccccc3)O2)OC(c2ccccc2O)O1. The maximum absolute atomic E-state index is 13.2. The van der Waals surface area contributed by atoms with Crippen molar-refractivity contribution < 1.29 is 71.8 Å². The number of aliphatic hydroxyl groups excluding tert-OH is 2. The van der Waals surface area contributed by atoms with Gasteiger partial charge in [-0.1, -0.05) is 79.7 Å². The Morgan fingerprint density at radius 2 is 0.892 bits per heavy atom. The van der Waals surface area contributed by atoms with Gasteiger partial charge in [0, 0.05) is 36.0 Å². The van der Waals surface area contributed by atoms with E-state index in [0.717, 1.165) is 25.7 Å². The van der Waals surface area contributed by atoms with Crippen LogP contribution in [0.3, 0.4) is 0 Å². The zero-order chi connectivity index (χ0) is 52.0. The molecule has 0 spiro atoms. The van der Waals surface area contributed by atoms with E-state index in [1.165, 1.54) is 12.1 Å². The van der Waals surface area contributed by atoms with Crippen LogP contribution in [-0.2, 0) is 47.9 Å². The molecule has 4 aliphatic heterocycles. The van der Waals surface area contributed by atoms with Gasteiger partial charge in [0.1, 0.15) is 17.2 Å². The molecular formula is C57H77NO15S. The van der Waals surface area contributed by atoms with Gasteiger partial charge in [0.15, 0.2) is 25.2 Å². The summed E-state index contributed by atoms with van der Waals surface area (Å²) in [6, 6.07) is 29.1. The third kappa shape index (κ3) is 16.2. The van der Waals surface area contributed by atoms with Crippen molar-refractivity contribution >= 4 is 10.0 Å². The molecule has 4 aliphatic rings. The van der Waals surface area contributed by atoms with Gasteiger partial charge in [-0.15, -0.1) is 0 Å². The molecule has 4 aromatic carbocycles. The quantitative estimate of drug-likeness (QED) is 0.0385. The number of benzene rings is 4. The van der Waals surface area contributed by atoms with Gasteiger partial charge in [0.2, 0.25) is 10.0 Å². The Hall–Kier alpha value is -4.21. The van der Waals surface area contributed by atoms with Crippen molar-refractivity contribution in [3.8, 4) is 17.2 Å². The summed E-state index contributed by atoms with van der Waals surface area (Å²) < 4.78 is 79.5. The van der Waals surface area contributed by atoms with Crippen LogP contribution in [0.1, 0.15) is 152 Å². The second-order valence-corrected chi connectivity index (χ2v) is 22.2. The highest BCUT2D eigenvalue weighted by molar-refractivity contribution is 7.89. The van der Waals surface area contributed by atoms with Crippen molar-refractivity contribution in [2.75, 3.05) is 6.54 Å². The van der Waals surface area contributed by atoms with Gasteiger partial charge in [-0.05, 0) is 121 Å². The standard InChI is InChI=1S/C57H77NO15S/c1-3-40-33-42(70-56(69-40)49-25-8-11-28-52(49)62)21-15-20-41-35-46(68-54(67-41)36-58-74(64,65)47-22-5-4-6-23-47)32-39(60)17-14-19-44-34-43(71-57(72-44)50-26-9-12-29-53(50)63)18-13-16-38(59)31-45-30-37(2)66-55(73-45)48-24-7-10-27-51(48)61/h4-12,22-29,37-46,54-63H,3,13-21,30-36H2,1-2H3/t37-,38?,39?,40?,41?,42?,43?,44?,45?,46?,54?,55?,56?,57?/m0/s1. The van der Waals surface area contributed by atoms with Crippen molar-refractivity contribution in [1.82, 2.24) is 4.72 Å². The largest absolute Gasteiger partial charge is 0.507 e. The lowest BCUT2D eigenvalue weighted by Gasteiger charge is -2.38. The van der Waals surface area contributed by atoms with Crippen molar-refractivity contribution in [3.05, 3.63) is 120 Å². The lowest BCUT2D eigenvalue weighted by atomic mass is 9.95. The second kappa shape index (κ2) is 27.2. The first-order chi connectivity index (χ1) is 35.8. The first-order valence-electron chi connectivity index (χ1n) is 26.8. The molecule has 16 nitrogen and oxygen atoms in total. The summed E-state index contributed by atoms with van der Waals surface area (Å²) in [6.07, 6.45) is 3.97. The normalized spacial score (nSPS) is 29.6. The fourth-order valence-corrected chi connectivity index (χ4v) is 11.7. The average Bonchev–Trinajstić information content (AvgIpc) is 3.38. The summed E-state index contributed by atoms with van der Waals surface area (Å²) in [7, 11) is -3.83. The van der Waals surface area contributed by atoms with E-state index in [1.807, 2.05) is 31.2 Å². The van der Waals surface area contributed by atoms with Crippen LogP contribution in [0, 0.1) is 0 Å². The van der Waals surface area contributed by atoms with Crippen LogP contribution in [0.15, 0.2) is 108 Å². The molecule has 4 heterocycles. The molecule has 4 fully saturated rings. The van der Waals surface area contributed by atoms with Gasteiger partial charge in [-0.2, -0.15) is 0 Å². The molecule has 0 aliphatic carbocycles. The van der Waals surface area contributed by atoms with Crippen LogP contribution in [0.5, 0.6) is 17.2 Å². The average molecular weight is 1050 g/mol. The number of ether oxygens (including phenoxy) is 8. The van der Waals surface area contributed by atoms with Crippen LogP contribution < -0.4 is 4.72 Å². The molecule has 13 unspecified atom stereocenters. The molecule has 14 atom stereocenters. The van der Waals surface area contributed by atoms with Crippen molar-refractivity contribution in [1.29, 1.82) is 0 Å². The Labute approximate surface area is 436 Å². The zero-order valence-corrected chi connectivity index (χ0v) is 43.5. The zero-order valence-electron chi connectivity index (χ0n) is 42.6. The van der Waals surface area contributed by atoms with E-state index in [1.54, 1.807) is 66.7 Å². The van der Waals surface area contributed by atoms with Crippen molar-refractivity contribution in [2.24, 2.45) is 0 Å². The summed E-state index contributed by atoms with van der Waals surface area (Å²) >= 11 is 0. The summed E-state index contributed by atoms with van der Waals surface area (Å²) in [5, 5.41) is 54.4. The first-order valence-corrected chi connectivity index (χ1v) is 28.2. The number of hydrogen-bond acceptors (Lipinski definition) is 15. The van der Waals surface area contributed by atoms with E-state index in [-0.39, 0.29) is 71.4 Å². The summed E-state index contributed by atoms with van der Waals surface area (Å²) in [4.78, 5) is 0.140. The highest BCUT2D eigenvalue weighted by Gasteiger charge is 2.37. The van der Waals surface area contributed by atoms with E-state index in [2.05, 4.69) is 11.6 Å². The van der Waals surface area contributed by atoms with E-state index in [9.17, 15) is 34.0 Å². The highest BCUT2D eigenvalue weighted by Crippen LogP contribution is 2.40. The number of aliphatic hydroxyl groups is 2. The minimum atomic E-state index is -3.83. The number of aromatic hydroxyl groups is 3. The molecule has 0 saturated carbocycles. The minimum Gasteiger partial charge on any atom is -0.507 e. The van der Waals surface area contributed by atoms with E-state index in [0.29, 0.717) is 93.7 Å². The van der Waals surface area contributed by atoms with Gasteiger partial charge in [-0.25, -0.2) is 13.1 Å². The molecule has 0 radical (unpaired) electrons. The van der Waals surface area contributed by atoms with E-state index >= 15 is 0 Å². The molecule has 0 amide bonds. The third-order valence-corrected chi connectivity index (χ3v) is 16.0. The maximum Gasteiger partial charge on any atom is 0.240 e. The molecule has 17 heteroatoms. The molecule has 4 aromatic rings. The van der Waals surface area contributed by atoms with Crippen molar-refractivity contribution in [2.45, 2.75) is 208 Å². The van der Waals surface area contributed by atoms with E-state index < -0.39 is 53.5 Å². The number of nitrogens with one attached hydrogen (secondary N) is 1. The first kappa shape index (κ1) is 56.0. The number of sulfonamides is 1. The summed E-state index contributed by atoms with van der Waals surface area (Å²) in [5.74, 6) is 0.314. The minimum absolute atomic E-state index is 0.0180. The molecule has 4 saturated heterocycles. The molecule has 0 bridgehead atoms. The number of phenols is 3. The van der Waals surface area contributed by atoms with Gasteiger partial charge in [-0.3, -0.25) is 0 Å². The van der Waals surface area contributed by atoms with Crippen molar-refractivity contribution in [3.63, 3.8) is 0 Å². The number of hydrogen-bond donors (Lipinski definition) is 6. The lowest BCUT2D eigenvalue weighted by Crippen LogP contribution is -2.45. The number of para-hydroxylation sites is 3. The van der Waals surface area contributed by atoms with Gasteiger partial charge in [0.25, 0.3) is 0 Å². The van der Waals surface area contributed by atoms with Crippen LogP contribution >= 0.6 is 0 Å². The van der Waals surface area contributed by atoms with Crippen LogP contribution in [0.2, 0.25) is 0 Å². The van der Waals surface area contributed by atoms with Gasteiger partial charge < -0.3 is 63.4 Å². The monoisotopic (exact) mass is 1050 g/mol. The topological polar surface area (TPSA) is 221 Å². The Balaban J connectivity index is 0.833. The fraction of sp³-hybridized carbons (Fsp3) is 0.579. The smallest absolute Gasteiger partial charge is 0.240 e. The fourth-order valence-electron chi connectivity index (χ4n) is 10.7. The Kier molecular flexibility index (Phi) is 20.6. The predicted octanol–water partition coefficient (Wildman–Crippen LogP) is 9.64. The molecular weight excluding hydrogens is 971 g/mol. The lowest BCUT2D eigenvalue weighted by molar-refractivity contribution is -0.252. The van der Waals surface area contributed by atoms with Gasteiger partial charge in [0.05, 0.1) is 72.5 Å². The molecule has 8 rings (SSSR count). The highest BCUT2D eigenvalue weighted by atomic mass is 32.2. The Morgan fingerprint density at radius 1 is 0.500 bits per heavy atom. The third-order valence-electron chi connectivity index (χ3n) is 14.6. The number of phenolic OH excluding ortho intramolecular Hbond substituents is 3. The van der Waals surface area contributed by atoms with Gasteiger partial charge >= 0.3 is 0 Å². The van der Waals surface area contributed by atoms with Crippen LogP contribution in [0.4, 0.5) is 0 Å². The Morgan fingerprint density at radius 3 is 1.41 bits per heavy atom. The maximum atomic E-state index is 13.2. The second-order valence-electron chi connectivity index (χ2n) is 20.4. The van der Waals surface area contributed by atoms with Crippen LogP contribution in [0.25, 0.3) is 0 Å². The Bertz CT molecular complexity index is 2430. The number of rotatable bonds is 24. The molecule has 0 aromatic heterocycles. The molecule has 74 heavy (non-hydrogen) atoms. The molecule has 406 valence electrons. The van der Waals surface area contributed by atoms with Crippen LogP contribution in [-0.4, -0.2) is 108 Å². The summed E-state index contributed by atoms with van der Waals surface area (Å²) in [5.41, 5.74) is 1.71. The molecule has 6 N–H and O–H groups in total. The van der Waals surface area contributed by atoms with E-state index in [4.69, 9.17) is 37.9 Å². The summed E-state index contributed by atoms with van der Waals surface area (Å²) in [6.45, 7) is 3.94.